The average Bonchev–Trinajstić information content (AvgIpc) is 2.34. The highest BCUT2D eigenvalue weighted by Crippen LogP contribution is 2.40. The number of methoxy groups -OCH3 is 1. The first-order chi connectivity index (χ1) is 6.89. The molecule has 0 spiro atoms. The number of carbonyl (C=O) groups excluding carboxylic acids is 2. The first kappa shape index (κ1) is 11.8. The minimum Gasteiger partial charge on any atom is -0.469 e. The molecule has 0 aromatic carbocycles. The summed E-state index contributed by atoms with van der Waals surface area (Å²) in [7, 11) is 1.35. The average molecular weight is 211 g/mol. The zero-order valence-corrected chi connectivity index (χ0v) is 9.42. The Morgan fingerprint density at radius 3 is 2.60 bits per heavy atom. The molecule has 1 fully saturated rings. The van der Waals surface area contributed by atoms with Crippen LogP contribution in [0.1, 0.15) is 26.7 Å². The zero-order chi connectivity index (χ0) is 11.6. The molecule has 1 heterocycles. The maximum atomic E-state index is 11.6. The van der Waals surface area contributed by atoms with Gasteiger partial charge < -0.3 is 10.1 Å². The predicted octanol–water partition coefficient (Wildman–Crippen LogP) is 1.23. The maximum Gasteiger partial charge on any atom is 0.305 e. The van der Waals surface area contributed by atoms with E-state index < -0.39 is 0 Å². The Labute approximate surface area is 89.7 Å². The van der Waals surface area contributed by atoms with Crippen LogP contribution in [0.15, 0.2) is 12.3 Å². The zero-order valence-electron chi connectivity index (χ0n) is 9.42. The number of amides is 1. The summed E-state index contributed by atoms with van der Waals surface area (Å²) in [6.45, 7) is 7.71. The van der Waals surface area contributed by atoms with Gasteiger partial charge in [0.2, 0.25) is 5.91 Å². The van der Waals surface area contributed by atoms with Gasteiger partial charge in [-0.25, -0.2) is 0 Å². The third kappa shape index (κ3) is 2.19. The van der Waals surface area contributed by atoms with E-state index in [-0.39, 0.29) is 29.6 Å². The van der Waals surface area contributed by atoms with Crippen molar-refractivity contribution < 1.29 is 14.3 Å². The van der Waals surface area contributed by atoms with Gasteiger partial charge in [-0.1, -0.05) is 20.4 Å². The van der Waals surface area contributed by atoms with Crippen LogP contribution in [-0.2, 0) is 14.3 Å². The topological polar surface area (TPSA) is 55.4 Å². The Bertz CT molecular complexity index is 307. The van der Waals surface area contributed by atoms with E-state index in [4.69, 9.17) is 0 Å². The maximum absolute atomic E-state index is 11.6. The number of hydrogen-bond donors (Lipinski definition) is 1. The summed E-state index contributed by atoms with van der Waals surface area (Å²) >= 11 is 0. The monoisotopic (exact) mass is 211 g/mol. The molecular formula is C11H17NO3. The molecule has 0 bridgehead atoms. The summed E-state index contributed by atoms with van der Waals surface area (Å²) in [5.41, 5.74) is 0.438. The molecule has 0 aromatic rings. The van der Waals surface area contributed by atoms with Crippen LogP contribution in [0.3, 0.4) is 0 Å². The highest BCUT2D eigenvalue weighted by Gasteiger charge is 2.43. The van der Waals surface area contributed by atoms with Crippen molar-refractivity contribution in [1.82, 2.24) is 5.32 Å². The number of nitrogens with one attached hydrogen (secondary N) is 1. The van der Waals surface area contributed by atoms with Crippen molar-refractivity contribution in [2.45, 2.75) is 26.7 Å². The summed E-state index contributed by atoms with van der Waals surface area (Å²) in [5.74, 6) is -0.519. The number of hydrogen-bond acceptors (Lipinski definition) is 3. The third-order valence-corrected chi connectivity index (χ3v) is 3.10. The van der Waals surface area contributed by atoms with E-state index in [1.807, 2.05) is 13.8 Å². The Hall–Kier alpha value is -1.32. The fourth-order valence-electron chi connectivity index (χ4n) is 1.79. The van der Waals surface area contributed by atoms with Crippen LogP contribution in [0.4, 0.5) is 0 Å². The van der Waals surface area contributed by atoms with Crippen molar-refractivity contribution in [2.24, 2.45) is 11.3 Å². The molecule has 1 saturated heterocycles. The number of ether oxygens (including phenoxy) is 1. The Balaban J connectivity index is 2.65. The molecule has 1 amide bonds. The lowest BCUT2D eigenvalue weighted by atomic mass is 9.77. The second-order valence-corrected chi connectivity index (χ2v) is 4.36. The van der Waals surface area contributed by atoms with Crippen molar-refractivity contribution in [2.75, 3.05) is 7.11 Å². The van der Waals surface area contributed by atoms with E-state index in [1.54, 1.807) is 0 Å². The van der Waals surface area contributed by atoms with E-state index in [1.165, 1.54) is 7.11 Å². The molecule has 0 unspecified atom stereocenters. The molecule has 15 heavy (non-hydrogen) atoms. The Morgan fingerprint density at radius 2 is 2.20 bits per heavy atom. The molecule has 0 aliphatic carbocycles. The quantitative estimate of drug-likeness (QED) is 0.714. The molecule has 1 rings (SSSR count). The molecule has 0 radical (unpaired) electrons. The molecular weight excluding hydrogens is 194 g/mol. The van der Waals surface area contributed by atoms with Gasteiger partial charge in [-0.15, -0.1) is 0 Å². The predicted molar refractivity (Wildman–Crippen MR) is 55.8 cm³/mol. The van der Waals surface area contributed by atoms with E-state index >= 15 is 0 Å². The highest BCUT2D eigenvalue weighted by atomic mass is 16.5. The fourth-order valence-corrected chi connectivity index (χ4v) is 1.79. The molecule has 1 N–H and O–H groups in total. The summed E-state index contributed by atoms with van der Waals surface area (Å²) in [4.78, 5) is 22.6. The second-order valence-electron chi connectivity index (χ2n) is 4.36. The lowest BCUT2D eigenvalue weighted by molar-refractivity contribution is -0.141. The Morgan fingerprint density at radius 1 is 1.60 bits per heavy atom. The molecule has 0 saturated carbocycles. The lowest BCUT2D eigenvalue weighted by Gasteiger charge is -2.24. The van der Waals surface area contributed by atoms with Crippen LogP contribution in [-0.4, -0.2) is 19.0 Å². The van der Waals surface area contributed by atoms with Crippen molar-refractivity contribution in [1.29, 1.82) is 0 Å². The first-order valence-corrected chi connectivity index (χ1v) is 4.96. The minimum absolute atomic E-state index is 0.0473. The second kappa shape index (κ2) is 4.04. The SMILES string of the molecule is C=C1NC(=O)[C@@H](CCC(=O)OC)C1(C)C. The van der Waals surface area contributed by atoms with Gasteiger partial charge in [-0.05, 0) is 6.42 Å². The Kier molecular flexibility index (Phi) is 3.17. The summed E-state index contributed by atoms with van der Waals surface area (Å²) in [6.07, 6.45) is 0.774. The minimum atomic E-state index is -0.287. The number of allylic oxidation sites excluding steroid dienone is 1. The van der Waals surface area contributed by atoms with E-state index in [0.717, 1.165) is 5.70 Å². The largest absolute Gasteiger partial charge is 0.469 e. The summed E-state index contributed by atoms with van der Waals surface area (Å²) in [6, 6.07) is 0. The van der Waals surface area contributed by atoms with E-state index in [9.17, 15) is 9.59 Å². The normalized spacial score (nSPS) is 23.8. The van der Waals surface area contributed by atoms with Crippen LogP contribution in [0.25, 0.3) is 0 Å². The van der Waals surface area contributed by atoms with Crippen LogP contribution in [0.2, 0.25) is 0 Å². The fraction of sp³-hybridized carbons (Fsp3) is 0.636. The molecule has 4 nitrogen and oxygen atoms in total. The number of carbonyl (C=O) groups is 2. The van der Waals surface area contributed by atoms with Gasteiger partial charge in [0.1, 0.15) is 0 Å². The van der Waals surface area contributed by atoms with Gasteiger partial charge in [-0.3, -0.25) is 9.59 Å². The molecule has 1 aliphatic rings. The van der Waals surface area contributed by atoms with Gasteiger partial charge >= 0.3 is 5.97 Å². The van der Waals surface area contributed by atoms with E-state index in [0.29, 0.717) is 6.42 Å². The van der Waals surface area contributed by atoms with E-state index in [2.05, 4.69) is 16.6 Å². The van der Waals surface area contributed by atoms with Crippen LogP contribution in [0.5, 0.6) is 0 Å². The van der Waals surface area contributed by atoms with Crippen molar-refractivity contribution in [3.63, 3.8) is 0 Å². The van der Waals surface area contributed by atoms with Crippen molar-refractivity contribution in [3.8, 4) is 0 Å². The molecule has 1 aliphatic heterocycles. The molecule has 84 valence electrons. The van der Waals surface area contributed by atoms with Gasteiger partial charge in [0.25, 0.3) is 0 Å². The molecule has 0 aromatic heterocycles. The van der Waals surface area contributed by atoms with Crippen LogP contribution >= 0.6 is 0 Å². The van der Waals surface area contributed by atoms with Crippen molar-refractivity contribution >= 4 is 11.9 Å². The lowest BCUT2D eigenvalue weighted by Crippen LogP contribution is -2.24. The standard InChI is InChI=1S/C11H17NO3/c1-7-11(2,3)8(10(14)12-7)5-6-9(13)15-4/h8H,1,5-6H2,2-4H3,(H,12,14)/t8-/m1/s1. The number of esters is 1. The third-order valence-electron chi connectivity index (χ3n) is 3.10. The van der Waals surface area contributed by atoms with Gasteiger partial charge in [-0.2, -0.15) is 0 Å². The molecule has 1 atom stereocenters. The van der Waals surface area contributed by atoms with Gasteiger partial charge in [0, 0.05) is 23.5 Å². The summed E-state index contributed by atoms with van der Waals surface area (Å²) < 4.78 is 4.55. The van der Waals surface area contributed by atoms with Gasteiger partial charge in [0.05, 0.1) is 7.11 Å². The number of rotatable bonds is 3. The summed E-state index contributed by atoms with van der Waals surface area (Å²) in [5, 5.41) is 2.71. The smallest absolute Gasteiger partial charge is 0.305 e. The van der Waals surface area contributed by atoms with Crippen molar-refractivity contribution in [3.05, 3.63) is 12.3 Å². The van der Waals surface area contributed by atoms with Crippen LogP contribution < -0.4 is 5.32 Å². The van der Waals surface area contributed by atoms with Gasteiger partial charge in [0.15, 0.2) is 0 Å². The first-order valence-electron chi connectivity index (χ1n) is 4.96. The highest BCUT2D eigenvalue weighted by molar-refractivity contribution is 5.85. The molecule has 4 heteroatoms. The van der Waals surface area contributed by atoms with Crippen LogP contribution in [0, 0.1) is 11.3 Å².